The van der Waals surface area contributed by atoms with Crippen molar-refractivity contribution in [2.24, 2.45) is 10.3 Å². The van der Waals surface area contributed by atoms with Gasteiger partial charge in [-0.05, 0) is 30.5 Å². The van der Waals surface area contributed by atoms with Crippen LogP contribution in [0.4, 0.5) is 0 Å². The number of nitrogens with zero attached hydrogens (tertiary/aromatic N) is 1. The summed E-state index contributed by atoms with van der Waals surface area (Å²) in [6.07, 6.45) is 0. The molecule has 0 saturated heterocycles. The molecule has 8 heteroatoms. The molecule has 0 saturated carbocycles. The van der Waals surface area contributed by atoms with Gasteiger partial charge in [-0.15, -0.1) is 23.2 Å². The second kappa shape index (κ2) is 6.79. The number of hydrogen-bond donors (Lipinski definition) is 0. The Morgan fingerprint density at radius 1 is 1.21 bits per heavy atom. The maximum Gasteiger partial charge on any atom is 0.282 e. The number of rotatable bonds is 3. The third-order valence-corrected chi connectivity index (χ3v) is 7.22. The lowest BCUT2D eigenvalue weighted by atomic mass is 9.79. The molecular formula is C16H16Cl3NO3S. The van der Waals surface area contributed by atoms with Crippen LogP contribution in [0.2, 0.25) is 0 Å². The van der Waals surface area contributed by atoms with Gasteiger partial charge in [-0.2, -0.15) is 12.8 Å². The number of halogens is 3. The smallest absolute Gasteiger partial charge is 0.282 e. The van der Waals surface area contributed by atoms with Crippen LogP contribution in [0.3, 0.4) is 0 Å². The van der Waals surface area contributed by atoms with Crippen LogP contribution in [0, 0.1) is 5.92 Å². The Kier molecular flexibility index (Phi) is 5.50. The van der Waals surface area contributed by atoms with Crippen molar-refractivity contribution in [1.82, 2.24) is 0 Å². The number of Topliss-reactive ketones (excluding diaryl/α,β-unsaturated/α-hetero) is 1. The van der Waals surface area contributed by atoms with Crippen LogP contribution in [0.5, 0.6) is 0 Å². The molecule has 0 aromatic heterocycles. The molecule has 0 amide bonds. The predicted octanol–water partition coefficient (Wildman–Crippen LogP) is 4.15. The Morgan fingerprint density at radius 2 is 1.75 bits per heavy atom. The molecule has 0 radical (unpaired) electrons. The normalized spacial score (nSPS) is 27.2. The van der Waals surface area contributed by atoms with Gasteiger partial charge in [-0.3, -0.25) is 4.79 Å². The highest BCUT2D eigenvalue weighted by atomic mass is 35.5. The highest BCUT2D eigenvalue weighted by Crippen LogP contribution is 2.43. The summed E-state index contributed by atoms with van der Waals surface area (Å²) in [5.74, 6) is -0.893. The Hall–Kier alpha value is -0.880. The molecule has 0 aliphatic heterocycles. The molecule has 2 rings (SSSR count). The summed E-state index contributed by atoms with van der Waals surface area (Å²) in [6, 6.07) is 7.72. The molecule has 130 valence electrons. The third-order valence-electron chi connectivity index (χ3n) is 3.97. The number of hydrogen-bond acceptors (Lipinski definition) is 3. The highest BCUT2D eigenvalue weighted by Gasteiger charge is 2.53. The Morgan fingerprint density at radius 3 is 2.25 bits per heavy atom. The Bertz CT molecular complexity index is 831. The van der Waals surface area contributed by atoms with Crippen LogP contribution in [0.1, 0.15) is 20.8 Å². The average Bonchev–Trinajstić information content (AvgIpc) is 2.55. The van der Waals surface area contributed by atoms with Gasteiger partial charge in [-0.25, -0.2) is 0 Å². The van der Waals surface area contributed by atoms with Crippen molar-refractivity contribution in [3.05, 3.63) is 40.9 Å². The van der Waals surface area contributed by atoms with E-state index in [9.17, 15) is 13.2 Å². The van der Waals surface area contributed by atoms with E-state index < -0.39 is 26.1 Å². The summed E-state index contributed by atoms with van der Waals surface area (Å²) in [4.78, 5) is 10.9. The summed E-state index contributed by atoms with van der Waals surface area (Å²) in [7, 11) is -4.00. The number of allylic oxidation sites excluding steroid dienone is 2. The largest absolute Gasteiger partial charge is 0.291 e. The fourth-order valence-electron chi connectivity index (χ4n) is 2.40. The van der Waals surface area contributed by atoms with Crippen LogP contribution < -0.4 is 0 Å². The van der Waals surface area contributed by atoms with Gasteiger partial charge in [-0.1, -0.05) is 43.6 Å². The number of benzene rings is 1. The van der Waals surface area contributed by atoms with Gasteiger partial charge < -0.3 is 0 Å². The third kappa shape index (κ3) is 3.15. The highest BCUT2D eigenvalue weighted by molar-refractivity contribution is 7.90. The second-order valence-corrected chi connectivity index (χ2v) is 8.86. The minimum absolute atomic E-state index is 0.00572. The van der Waals surface area contributed by atoms with E-state index in [2.05, 4.69) is 4.40 Å². The van der Waals surface area contributed by atoms with Gasteiger partial charge in [0, 0.05) is 0 Å². The summed E-state index contributed by atoms with van der Waals surface area (Å²) in [5, 5.41) is -1.26. The van der Waals surface area contributed by atoms with Crippen LogP contribution in [-0.4, -0.2) is 30.2 Å². The van der Waals surface area contributed by atoms with Crippen molar-refractivity contribution < 1.29 is 13.2 Å². The molecule has 0 fully saturated rings. The van der Waals surface area contributed by atoms with E-state index in [1.807, 2.05) is 0 Å². The first-order valence-corrected chi connectivity index (χ1v) is 9.81. The molecule has 4 nitrogen and oxygen atoms in total. The van der Waals surface area contributed by atoms with E-state index in [-0.39, 0.29) is 27.1 Å². The zero-order chi connectivity index (χ0) is 18.3. The first kappa shape index (κ1) is 19.4. The van der Waals surface area contributed by atoms with E-state index in [0.29, 0.717) is 0 Å². The van der Waals surface area contributed by atoms with Crippen molar-refractivity contribution in [2.45, 2.75) is 35.9 Å². The first-order valence-electron chi connectivity index (χ1n) is 7.18. The lowest BCUT2D eigenvalue weighted by Crippen LogP contribution is -2.53. The first-order chi connectivity index (χ1) is 11.0. The number of carbonyl (C=O) groups is 1. The quantitative estimate of drug-likeness (QED) is 0.706. The molecule has 1 aliphatic carbocycles. The van der Waals surface area contributed by atoms with E-state index in [1.54, 1.807) is 32.0 Å². The molecule has 2 unspecified atom stereocenters. The van der Waals surface area contributed by atoms with Gasteiger partial charge in [0.25, 0.3) is 10.0 Å². The van der Waals surface area contributed by atoms with Gasteiger partial charge in [0.15, 0.2) is 5.78 Å². The van der Waals surface area contributed by atoms with Crippen LogP contribution >= 0.6 is 34.8 Å². The Balaban J connectivity index is 2.67. The minimum atomic E-state index is -4.00. The molecule has 0 N–H and O–H groups in total. The van der Waals surface area contributed by atoms with Crippen LogP contribution in [0.15, 0.2) is 50.2 Å². The zero-order valence-electron chi connectivity index (χ0n) is 13.3. The van der Waals surface area contributed by atoms with Gasteiger partial charge >= 0.3 is 0 Å². The minimum Gasteiger partial charge on any atom is -0.291 e. The SMILES string of the molecule is CC1=C(Cl)C(=O)C(Cl)(C(C)C)C(Cl)/C1=N\S(=O)(=O)c1ccccc1. The van der Waals surface area contributed by atoms with Crippen molar-refractivity contribution in [1.29, 1.82) is 0 Å². The molecule has 0 bridgehead atoms. The fourth-order valence-corrected chi connectivity index (χ4v) is 4.63. The fraction of sp³-hybridized carbons (Fsp3) is 0.375. The Labute approximate surface area is 156 Å². The van der Waals surface area contributed by atoms with Gasteiger partial charge in [0.1, 0.15) is 10.3 Å². The maximum absolute atomic E-state index is 12.5. The van der Waals surface area contributed by atoms with Crippen LogP contribution in [0.25, 0.3) is 0 Å². The van der Waals surface area contributed by atoms with Gasteiger partial charge in [0.05, 0.1) is 15.6 Å². The van der Waals surface area contributed by atoms with E-state index in [4.69, 9.17) is 34.8 Å². The molecule has 0 heterocycles. The molecule has 1 aromatic carbocycles. The monoisotopic (exact) mass is 407 g/mol. The molecule has 2 atom stereocenters. The summed E-state index contributed by atoms with van der Waals surface area (Å²) >= 11 is 18.9. The van der Waals surface area contributed by atoms with Crippen molar-refractivity contribution in [3.63, 3.8) is 0 Å². The number of ketones is 1. The van der Waals surface area contributed by atoms with Gasteiger partial charge in [0.2, 0.25) is 0 Å². The lowest BCUT2D eigenvalue weighted by molar-refractivity contribution is -0.118. The zero-order valence-corrected chi connectivity index (χ0v) is 16.3. The van der Waals surface area contributed by atoms with Crippen LogP contribution in [-0.2, 0) is 14.8 Å². The topological polar surface area (TPSA) is 63.6 Å². The van der Waals surface area contributed by atoms with E-state index in [1.165, 1.54) is 19.1 Å². The predicted molar refractivity (Wildman–Crippen MR) is 97.7 cm³/mol. The number of sulfonamides is 1. The summed E-state index contributed by atoms with van der Waals surface area (Å²) in [5.41, 5.74) is 0.215. The maximum atomic E-state index is 12.5. The molecule has 0 spiro atoms. The standard InChI is InChI=1S/C16H16Cl3NO3S/c1-9(2)16(19)14(18)13(10(3)12(17)15(16)21)20-24(22,23)11-7-5-4-6-8-11/h4-9,14H,1-3H3/b20-13-. The number of carbonyl (C=O) groups excluding carboxylic acids is 1. The summed E-state index contributed by atoms with van der Waals surface area (Å²) < 4.78 is 28.9. The molecular weight excluding hydrogens is 393 g/mol. The van der Waals surface area contributed by atoms with Crippen molar-refractivity contribution >= 4 is 56.3 Å². The average molecular weight is 409 g/mol. The van der Waals surface area contributed by atoms with Crippen molar-refractivity contribution in [3.8, 4) is 0 Å². The summed E-state index contributed by atoms with van der Waals surface area (Å²) in [6.45, 7) is 4.94. The molecule has 24 heavy (non-hydrogen) atoms. The van der Waals surface area contributed by atoms with E-state index in [0.717, 1.165) is 0 Å². The van der Waals surface area contributed by atoms with Crippen molar-refractivity contribution in [2.75, 3.05) is 0 Å². The molecule has 1 aliphatic rings. The lowest BCUT2D eigenvalue weighted by Gasteiger charge is -2.38. The molecule has 1 aromatic rings. The van der Waals surface area contributed by atoms with E-state index >= 15 is 0 Å². The number of alkyl halides is 2. The second-order valence-electron chi connectivity index (χ2n) is 5.82.